The van der Waals surface area contributed by atoms with Crippen molar-refractivity contribution in [1.29, 1.82) is 0 Å². The molecule has 3 fully saturated rings. The van der Waals surface area contributed by atoms with Crippen molar-refractivity contribution in [2.45, 2.75) is 59.0 Å². The van der Waals surface area contributed by atoms with Gasteiger partial charge in [-0.3, -0.25) is 4.79 Å². The van der Waals surface area contributed by atoms with E-state index in [1.807, 2.05) is 0 Å². The Morgan fingerprint density at radius 1 is 1.43 bits per heavy atom. The zero-order valence-electron chi connectivity index (χ0n) is 13.2. The van der Waals surface area contributed by atoms with E-state index >= 15 is 0 Å². The summed E-state index contributed by atoms with van der Waals surface area (Å²) in [5, 5.41) is 15.9. The molecule has 2 N–H and O–H groups in total. The van der Waals surface area contributed by atoms with E-state index in [9.17, 15) is 10.0 Å². The van der Waals surface area contributed by atoms with Crippen LogP contribution in [0.1, 0.15) is 52.9 Å². The second-order valence-electron chi connectivity index (χ2n) is 7.61. The molecule has 3 aliphatic rings. The van der Waals surface area contributed by atoms with E-state index in [1.165, 1.54) is 0 Å². The summed E-state index contributed by atoms with van der Waals surface area (Å²) in [6, 6.07) is 0. The van der Waals surface area contributed by atoms with Gasteiger partial charge in [-0.15, -0.1) is 0 Å². The van der Waals surface area contributed by atoms with Crippen LogP contribution in [-0.4, -0.2) is 36.1 Å². The molecule has 118 valence electrons. The molecule has 3 unspecified atom stereocenters. The van der Waals surface area contributed by atoms with Gasteiger partial charge in [0.05, 0.1) is 17.2 Å². The Morgan fingerprint density at radius 2 is 2.19 bits per heavy atom. The van der Waals surface area contributed by atoms with Gasteiger partial charge in [0, 0.05) is 25.0 Å². The zero-order valence-corrected chi connectivity index (χ0v) is 13.2. The minimum atomic E-state index is -0.443. The second-order valence-corrected chi connectivity index (χ2v) is 7.61. The number of fused-ring (bicyclic) bond motifs is 2. The average Bonchev–Trinajstić information content (AvgIpc) is 3.08. The lowest BCUT2D eigenvalue weighted by atomic mass is 9.64. The van der Waals surface area contributed by atoms with Crippen molar-refractivity contribution in [3.05, 3.63) is 0 Å². The van der Waals surface area contributed by atoms with E-state index in [2.05, 4.69) is 31.2 Å². The van der Waals surface area contributed by atoms with Gasteiger partial charge in [0.25, 0.3) is 0 Å². The second kappa shape index (κ2) is 4.70. The Labute approximate surface area is 126 Å². The highest BCUT2D eigenvalue weighted by molar-refractivity contribution is 6.02. The first-order valence-electron chi connectivity index (χ1n) is 7.99. The predicted octanol–water partition coefficient (Wildman–Crippen LogP) is 2.33. The molecule has 0 radical (unpaired) electrons. The summed E-state index contributed by atoms with van der Waals surface area (Å²) in [6.07, 6.45) is 4.62. The third-order valence-electron chi connectivity index (χ3n) is 6.80. The highest BCUT2D eigenvalue weighted by atomic mass is 16.5. The fraction of sp³-hybridized carbons (Fsp3) is 0.875. The number of rotatable bonds is 3. The molecule has 1 aliphatic heterocycles. The molecule has 0 aromatic carbocycles. The van der Waals surface area contributed by atoms with Gasteiger partial charge in [-0.2, -0.15) is 0 Å². The van der Waals surface area contributed by atoms with E-state index in [1.54, 1.807) is 0 Å². The van der Waals surface area contributed by atoms with Crippen LogP contribution in [0.3, 0.4) is 0 Å². The van der Waals surface area contributed by atoms with Crippen LogP contribution in [0, 0.1) is 16.2 Å². The van der Waals surface area contributed by atoms with Gasteiger partial charge in [0.2, 0.25) is 5.91 Å². The van der Waals surface area contributed by atoms with E-state index in [4.69, 9.17) is 4.74 Å². The molecule has 1 heterocycles. The number of nitrogens with zero attached hydrogens (tertiary/aromatic N) is 1. The standard InChI is InChI=1S/C16H26N2O3/c1-14(2)15(3)6-7-16(14,9-12(15)18-20)13(19)17-10-11-5-4-8-21-11/h11,20H,4-10H2,1-3H3,(H,17,19). The third-order valence-corrected chi connectivity index (χ3v) is 6.80. The first-order chi connectivity index (χ1) is 9.87. The number of carbonyl (C=O) groups is 1. The number of nitrogens with one attached hydrogen (secondary N) is 1. The molecule has 3 atom stereocenters. The molecule has 2 aliphatic carbocycles. The number of hydrogen-bond acceptors (Lipinski definition) is 4. The maximum absolute atomic E-state index is 12.9. The first kappa shape index (κ1) is 14.8. The summed E-state index contributed by atoms with van der Waals surface area (Å²) in [4.78, 5) is 12.9. The summed E-state index contributed by atoms with van der Waals surface area (Å²) >= 11 is 0. The smallest absolute Gasteiger partial charge is 0.227 e. The van der Waals surface area contributed by atoms with Crippen LogP contribution < -0.4 is 5.32 Å². The lowest BCUT2D eigenvalue weighted by molar-refractivity contribution is -0.136. The van der Waals surface area contributed by atoms with Crippen molar-refractivity contribution < 1.29 is 14.7 Å². The van der Waals surface area contributed by atoms with Crippen LogP contribution in [0.15, 0.2) is 5.16 Å². The van der Waals surface area contributed by atoms with Crippen molar-refractivity contribution in [2.24, 2.45) is 21.4 Å². The topological polar surface area (TPSA) is 70.9 Å². The molecule has 2 saturated carbocycles. The number of ether oxygens (including phenoxy) is 1. The molecule has 5 heteroatoms. The molecule has 0 spiro atoms. The Bertz CT molecular complexity index is 482. The van der Waals surface area contributed by atoms with Crippen molar-refractivity contribution in [2.75, 3.05) is 13.2 Å². The molecule has 0 aromatic rings. The summed E-state index contributed by atoms with van der Waals surface area (Å²) in [5.41, 5.74) is -0.0291. The molecule has 2 bridgehead atoms. The van der Waals surface area contributed by atoms with E-state index < -0.39 is 5.41 Å². The van der Waals surface area contributed by atoms with Gasteiger partial charge < -0.3 is 15.3 Å². The number of amides is 1. The van der Waals surface area contributed by atoms with Crippen LogP contribution in [0.2, 0.25) is 0 Å². The normalized spacial score (nSPS) is 42.6. The van der Waals surface area contributed by atoms with Gasteiger partial charge in [-0.25, -0.2) is 0 Å². The van der Waals surface area contributed by atoms with Crippen LogP contribution >= 0.6 is 0 Å². The highest BCUT2D eigenvalue weighted by Gasteiger charge is 2.71. The first-order valence-corrected chi connectivity index (χ1v) is 7.99. The SMILES string of the molecule is CC12CCC(C(=O)NCC3CCCO3)(CC1=NO)C2(C)C. The Kier molecular flexibility index (Phi) is 3.32. The molecular formula is C16H26N2O3. The molecule has 0 aromatic heterocycles. The Hall–Kier alpha value is -1.10. The van der Waals surface area contributed by atoms with Crippen LogP contribution in [0.4, 0.5) is 0 Å². The van der Waals surface area contributed by atoms with Gasteiger partial charge in [-0.1, -0.05) is 25.9 Å². The van der Waals surface area contributed by atoms with Crippen molar-refractivity contribution >= 4 is 11.6 Å². The van der Waals surface area contributed by atoms with Gasteiger partial charge in [-0.05, 0) is 31.1 Å². The molecule has 1 amide bonds. The average molecular weight is 294 g/mol. The summed E-state index contributed by atoms with van der Waals surface area (Å²) in [7, 11) is 0. The number of hydrogen-bond donors (Lipinski definition) is 2. The summed E-state index contributed by atoms with van der Waals surface area (Å²) in [6.45, 7) is 7.81. The fourth-order valence-electron chi connectivity index (χ4n) is 4.72. The van der Waals surface area contributed by atoms with E-state index in [-0.39, 0.29) is 22.8 Å². The lowest BCUT2D eigenvalue weighted by Gasteiger charge is -2.39. The fourth-order valence-corrected chi connectivity index (χ4v) is 4.72. The minimum Gasteiger partial charge on any atom is -0.411 e. The quantitative estimate of drug-likeness (QED) is 0.620. The summed E-state index contributed by atoms with van der Waals surface area (Å²) < 4.78 is 5.58. The van der Waals surface area contributed by atoms with Gasteiger partial charge in [0.1, 0.15) is 0 Å². The molecule has 1 saturated heterocycles. The van der Waals surface area contributed by atoms with Crippen LogP contribution in [-0.2, 0) is 9.53 Å². The monoisotopic (exact) mass is 294 g/mol. The predicted molar refractivity (Wildman–Crippen MR) is 79.4 cm³/mol. The van der Waals surface area contributed by atoms with E-state index in [0.717, 1.165) is 38.0 Å². The Balaban J connectivity index is 1.78. The largest absolute Gasteiger partial charge is 0.411 e. The zero-order chi connectivity index (χ0) is 15.3. The maximum atomic E-state index is 12.9. The number of carbonyl (C=O) groups excluding carboxylic acids is 1. The van der Waals surface area contributed by atoms with E-state index in [0.29, 0.717) is 13.0 Å². The van der Waals surface area contributed by atoms with Crippen molar-refractivity contribution in [3.63, 3.8) is 0 Å². The van der Waals surface area contributed by atoms with Crippen LogP contribution in [0.25, 0.3) is 0 Å². The Morgan fingerprint density at radius 3 is 2.76 bits per heavy atom. The van der Waals surface area contributed by atoms with Crippen LogP contribution in [0.5, 0.6) is 0 Å². The molecule has 5 nitrogen and oxygen atoms in total. The summed E-state index contributed by atoms with van der Waals surface area (Å²) in [5.74, 6) is 0.102. The minimum absolute atomic E-state index is 0.102. The van der Waals surface area contributed by atoms with Gasteiger partial charge >= 0.3 is 0 Å². The third kappa shape index (κ3) is 1.79. The number of oxime groups is 1. The molecule has 3 rings (SSSR count). The molecule has 21 heavy (non-hydrogen) atoms. The van der Waals surface area contributed by atoms with Crippen molar-refractivity contribution in [3.8, 4) is 0 Å². The highest BCUT2D eigenvalue weighted by Crippen LogP contribution is 2.70. The lowest BCUT2D eigenvalue weighted by Crippen LogP contribution is -2.48. The van der Waals surface area contributed by atoms with Crippen molar-refractivity contribution in [1.82, 2.24) is 5.32 Å². The molecular weight excluding hydrogens is 268 g/mol. The van der Waals surface area contributed by atoms with Gasteiger partial charge in [0.15, 0.2) is 0 Å². The maximum Gasteiger partial charge on any atom is 0.227 e.